The smallest absolute Gasteiger partial charge is 0.250 e. The average Bonchev–Trinajstić information content (AvgIpc) is 2.91. The van der Waals surface area contributed by atoms with Crippen molar-refractivity contribution in [2.24, 2.45) is 0 Å². The zero-order chi connectivity index (χ0) is 16.0. The van der Waals surface area contributed by atoms with Crippen LogP contribution in [-0.4, -0.2) is 48.1 Å². The first-order chi connectivity index (χ1) is 10.3. The second-order valence-electron chi connectivity index (χ2n) is 5.85. The van der Waals surface area contributed by atoms with Crippen molar-refractivity contribution in [3.63, 3.8) is 0 Å². The van der Waals surface area contributed by atoms with E-state index in [9.17, 15) is 17.2 Å². The van der Waals surface area contributed by atoms with Crippen molar-refractivity contribution in [3.05, 3.63) is 6.20 Å². The van der Waals surface area contributed by atoms with Gasteiger partial charge in [-0.1, -0.05) is 0 Å². The number of aryl methyl sites for hydroxylation is 1. The van der Waals surface area contributed by atoms with Gasteiger partial charge in [-0.2, -0.15) is 9.40 Å². The lowest BCUT2D eigenvalue weighted by Crippen LogP contribution is -2.41. The van der Waals surface area contributed by atoms with Gasteiger partial charge in [0.25, 0.3) is 0 Å². The highest BCUT2D eigenvalue weighted by Gasteiger charge is 2.40. The number of halogens is 2. The van der Waals surface area contributed by atoms with Crippen LogP contribution in [0.15, 0.2) is 11.1 Å². The van der Waals surface area contributed by atoms with Gasteiger partial charge in [0.15, 0.2) is 4.90 Å². The zero-order valence-corrected chi connectivity index (χ0v) is 13.2. The molecule has 1 fully saturated rings. The van der Waals surface area contributed by atoms with E-state index in [0.717, 1.165) is 6.42 Å². The molecule has 1 saturated carbocycles. The molecule has 0 bridgehead atoms. The number of aromatic nitrogens is 2. The molecule has 1 aromatic heterocycles. The molecule has 0 N–H and O–H groups in total. The predicted molar refractivity (Wildman–Crippen MR) is 74.5 cm³/mol. The Morgan fingerprint density at radius 1 is 1.41 bits per heavy atom. The van der Waals surface area contributed by atoms with E-state index < -0.39 is 22.0 Å². The molecule has 0 saturated heterocycles. The third-order valence-corrected chi connectivity index (χ3v) is 6.26. The Labute approximate surface area is 128 Å². The van der Waals surface area contributed by atoms with E-state index in [2.05, 4.69) is 5.10 Å². The van der Waals surface area contributed by atoms with Gasteiger partial charge in [-0.15, -0.1) is 0 Å². The topological polar surface area (TPSA) is 64.4 Å². The van der Waals surface area contributed by atoms with E-state index >= 15 is 0 Å². The molecule has 6 nitrogen and oxygen atoms in total. The van der Waals surface area contributed by atoms with Crippen LogP contribution in [0, 0.1) is 0 Å². The molecular weight excluding hydrogens is 316 g/mol. The second kappa shape index (κ2) is 5.45. The number of nitrogens with zero attached hydrogens (tertiary/aromatic N) is 3. The lowest BCUT2D eigenvalue weighted by molar-refractivity contribution is -0.0453. The lowest BCUT2D eigenvalue weighted by atomic mass is 9.92. The Morgan fingerprint density at radius 3 is 2.77 bits per heavy atom. The molecule has 1 aromatic rings. The second-order valence-corrected chi connectivity index (χ2v) is 7.81. The molecule has 0 spiro atoms. The maximum Gasteiger partial charge on any atom is 0.250 e. The zero-order valence-electron chi connectivity index (χ0n) is 12.3. The first kappa shape index (κ1) is 15.7. The average molecular weight is 335 g/mol. The third-order valence-electron chi connectivity index (χ3n) is 4.37. The van der Waals surface area contributed by atoms with Crippen LogP contribution in [0.3, 0.4) is 0 Å². The molecule has 9 heteroatoms. The third kappa shape index (κ3) is 2.71. The Hall–Kier alpha value is -1.22. The largest absolute Gasteiger partial charge is 0.477 e. The van der Waals surface area contributed by atoms with Gasteiger partial charge in [0.1, 0.15) is 0 Å². The molecule has 0 atom stereocenters. The van der Waals surface area contributed by atoms with E-state index in [1.165, 1.54) is 22.2 Å². The van der Waals surface area contributed by atoms with Crippen molar-refractivity contribution in [1.29, 1.82) is 0 Å². The molecule has 2 aliphatic rings. The molecule has 2 heterocycles. The number of rotatable bonds is 3. The molecule has 1 aliphatic carbocycles. The molecule has 0 aromatic carbocycles. The van der Waals surface area contributed by atoms with E-state index in [-0.39, 0.29) is 36.5 Å². The SMILES string of the molecule is CN(C1CCC(F)(F)CC1)S(=O)(=O)c1cnn2c1OCCC2. The normalized spacial score (nSPS) is 22.4. The van der Waals surface area contributed by atoms with Gasteiger partial charge < -0.3 is 4.74 Å². The summed E-state index contributed by atoms with van der Waals surface area (Å²) >= 11 is 0. The Morgan fingerprint density at radius 2 is 2.09 bits per heavy atom. The number of ether oxygens (including phenoxy) is 1. The summed E-state index contributed by atoms with van der Waals surface area (Å²) in [6, 6.07) is -0.413. The van der Waals surface area contributed by atoms with Crippen LogP contribution in [0.25, 0.3) is 0 Å². The van der Waals surface area contributed by atoms with Gasteiger partial charge in [-0.25, -0.2) is 21.9 Å². The summed E-state index contributed by atoms with van der Waals surface area (Å²) in [4.78, 5) is 0.0204. The summed E-state index contributed by atoms with van der Waals surface area (Å²) in [5, 5.41) is 4.04. The van der Waals surface area contributed by atoms with Crippen LogP contribution in [0.2, 0.25) is 0 Å². The van der Waals surface area contributed by atoms with Crippen molar-refractivity contribution in [2.45, 2.75) is 55.5 Å². The monoisotopic (exact) mass is 335 g/mol. The Bertz CT molecular complexity index is 649. The maximum atomic E-state index is 13.2. The minimum atomic E-state index is -3.79. The van der Waals surface area contributed by atoms with Crippen molar-refractivity contribution < 1.29 is 21.9 Å². The highest BCUT2D eigenvalue weighted by atomic mass is 32.2. The van der Waals surface area contributed by atoms with Gasteiger partial charge in [0.2, 0.25) is 21.8 Å². The van der Waals surface area contributed by atoms with E-state index in [1.807, 2.05) is 0 Å². The number of hydrogen-bond acceptors (Lipinski definition) is 4. The molecular formula is C13H19F2N3O3S. The molecule has 3 rings (SSSR count). The minimum Gasteiger partial charge on any atom is -0.477 e. The van der Waals surface area contributed by atoms with Crippen LogP contribution < -0.4 is 4.74 Å². The molecule has 0 radical (unpaired) electrons. The van der Waals surface area contributed by atoms with Gasteiger partial charge >= 0.3 is 0 Å². The molecule has 0 unspecified atom stereocenters. The predicted octanol–water partition coefficient (Wildman–Crippen LogP) is 1.86. The van der Waals surface area contributed by atoms with Crippen molar-refractivity contribution in [2.75, 3.05) is 13.7 Å². The highest BCUT2D eigenvalue weighted by molar-refractivity contribution is 7.89. The van der Waals surface area contributed by atoms with E-state index in [4.69, 9.17) is 4.74 Å². The quantitative estimate of drug-likeness (QED) is 0.846. The van der Waals surface area contributed by atoms with Crippen LogP contribution >= 0.6 is 0 Å². The fourth-order valence-corrected chi connectivity index (χ4v) is 4.44. The summed E-state index contributed by atoms with van der Waals surface area (Å²) in [6.45, 7) is 1.07. The summed E-state index contributed by atoms with van der Waals surface area (Å²) < 4.78 is 60.1. The molecule has 1 aliphatic heterocycles. The summed E-state index contributed by atoms with van der Waals surface area (Å²) in [5.41, 5.74) is 0. The summed E-state index contributed by atoms with van der Waals surface area (Å²) in [5.74, 6) is -2.43. The van der Waals surface area contributed by atoms with Crippen molar-refractivity contribution in [1.82, 2.24) is 14.1 Å². The summed E-state index contributed by atoms with van der Waals surface area (Å²) in [7, 11) is -2.35. The van der Waals surface area contributed by atoms with Gasteiger partial charge in [-0.3, -0.25) is 0 Å². The standard InChI is InChI=1S/C13H19F2N3O3S/c1-17(10-3-5-13(14,15)6-4-10)22(19,20)11-9-16-18-7-2-8-21-12(11)18/h9-10H,2-8H2,1H3. The molecule has 0 amide bonds. The number of hydrogen-bond donors (Lipinski definition) is 0. The first-order valence-electron chi connectivity index (χ1n) is 7.36. The van der Waals surface area contributed by atoms with Crippen LogP contribution in [0.5, 0.6) is 5.88 Å². The van der Waals surface area contributed by atoms with Crippen molar-refractivity contribution in [3.8, 4) is 5.88 Å². The van der Waals surface area contributed by atoms with Crippen LogP contribution in [-0.2, 0) is 16.6 Å². The fraction of sp³-hybridized carbons (Fsp3) is 0.769. The molecule has 124 valence electrons. The fourth-order valence-electron chi connectivity index (χ4n) is 2.96. The Balaban J connectivity index is 1.82. The van der Waals surface area contributed by atoms with Crippen LogP contribution in [0.1, 0.15) is 32.1 Å². The van der Waals surface area contributed by atoms with E-state index in [0.29, 0.717) is 13.2 Å². The number of alkyl halides is 2. The number of sulfonamides is 1. The minimum absolute atomic E-state index is 0.0204. The number of fused-ring (bicyclic) bond motifs is 1. The van der Waals surface area contributed by atoms with Crippen LogP contribution in [0.4, 0.5) is 8.78 Å². The maximum absolute atomic E-state index is 13.2. The van der Waals surface area contributed by atoms with Gasteiger partial charge in [-0.05, 0) is 12.8 Å². The van der Waals surface area contributed by atoms with Crippen molar-refractivity contribution >= 4 is 10.0 Å². The van der Waals surface area contributed by atoms with Gasteiger partial charge in [0, 0.05) is 38.9 Å². The lowest BCUT2D eigenvalue weighted by Gasteiger charge is -2.33. The van der Waals surface area contributed by atoms with E-state index in [1.54, 1.807) is 0 Å². The first-order valence-corrected chi connectivity index (χ1v) is 8.80. The molecule has 22 heavy (non-hydrogen) atoms. The summed E-state index contributed by atoms with van der Waals surface area (Å²) in [6.07, 6.45) is 1.83. The van der Waals surface area contributed by atoms with Gasteiger partial charge in [0.05, 0.1) is 12.8 Å². The Kier molecular flexibility index (Phi) is 3.88. The highest BCUT2D eigenvalue weighted by Crippen LogP contribution is 2.37.